The molecule has 2 aromatic carbocycles. The topological polar surface area (TPSA) is 80.3 Å². The van der Waals surface area contributed by atoms with Crippen LogP contribution < -0.4 is 10.6 Å². The Labute approximate surface area is 167 Å². The fourth-order valence-electron chi connectivity index (χ4n) is 2.54. The Kier molecular flexibility index (Phi) is 6.52. The number of anilines is 2. The van der Waals surface area contributed by atoms with Crippen LogP contribution in [0.4, 0.5) is 15.8 Å². The SMILES string of the molecule is CCOC(=O)c1ccc(NC(=O)c2ccc(NCc3ccc(F)cc3)cn2)cc1. The molecule has 3 rings (SSSR count). The molecule has 0 aliphatic carbocycles. The second-order valence-electron chi connectivity index (χ2n) is 6.16. The number of nitrogens with one attached hydrogen (secondary N) is 2. The lowest BCUT2D eigenvalue weighted by Crippen LogP contribution is -2.14. The molecule has 0 radical (unpaired) electrons. The van der Waals surface area contributed by atoms with Crippen LogP contribution in [0.2, 0.25) is 0 Å². The molecule has 3 aromatic rings. The van der Waals surface area contributed by atoms with Crippen LogP contribution in [0.15, 0.2) is 66.9 Å². The van der Waals surface area contributed by atoms with Crippen LogP contribution in [-0.4, -0.2) is 23.5 Å². The van der Waals surface area contributed by atoms with E-state index >= 15 is 0 Å². The molecule has 0 fully saturated rings. The number of rotatable bonds is 7. The zero-order valence-corrected chi connectivity index (χ0v) is 15.8. The van der Waals surface area contributed by atoms with Gasteiger partial charge in [-0.2, -0.15) is 0 Å². The van der Waals surface area contributed by atoms with Gasteiger partial charge in [0.2, 0.25) is 0 Å². The highest BCUT2D eigenvalue weighted by atomic mass is 19.1. The molecule has 29 heavy (non-hydrogen) atoms. The van der Waals surface area contributed by atoms with Crippen LogP contribution in [0.25, 0.3) is 0 Å². The van der Waals surface area contributed by atoms with Crippen molar-refractivity contribution in [3.05, 3.63) is 89.5 Å². The molecular weight excluding hydrogens is 373 g/mol. The number of hydrogen-bond donors (Lipinski definition) is 2. The van der Waals surface area contributed by atoms with E-state index in [0.717, 1.165) is 11.3 Å². The zero-order chi connectivity index (χ0) is 20.6. The molecule has 0 aliphatic heterocycles. The van der Waals surface area contributed by atoms with E-state index in [4.69, 9.17) is 4.74 Å². The molecule has 2 N–H and O–H groups in total. The van der Waals surface area contributed by atoms with E-state index in [1.165, 1.54) is 12.1 Å². The van der Waals surface area contributed by atoms with Gasteiger partial charge in [0.15, 0.2) is 0 Å². The maximum absolute atomic E-state index is 12.9. The number of halogens is 1. The number of hydrogen-bond acceptors (Lipinski definition) is 5. The lowest BCUT2D eigenvalue weighted by molar-refractivity contribution is 0.0526. The number of amides is 1. The zero-order valence-electron chi connectivity index (χ0n) is 15.8. The molecular formula is C22H20FN3O3. The largest absolute Gasteiger partial charge is 0.462 e. The first kappa shape index (κ1) is 20.0. The molecule has 0 aliphatic rings. The number of benzene rings is 2. The van der Waals surface area contributed by atoms with Crippen LogP contribution in [-0.2, 0) is 11.3 Å². The highest BCUT2D eigenvalue weighted by Gasteiger charge is 2.10. The normalized spacial score (nSPS) is 10.3. The summed E-state index contributed by atoms with van der Waals surface area (Å²) in [7, 11) is 0. The summed E-state index contributed by atoms with van der Waals surface area (Å²) in [6, 6.07) is 16.0. The van der Waals surface area contributed by atoms with E-state index in [9.17, 15) is 14.0 Å². The van der Waals surface area contributed by atoms with Crippen LogP contribution in [0, 0.1) is 5.82 Å². The number of nitrogens with zero attached hydrogens (tertiary/aromatic N) is 1. The van der Waals surface area contributed by atoms with Gasteiger partial charge in [-0.1, -0.05) is 12.1 Å². The molecule has 1 aromatic heterocycles. The predicted molar refractivity (Wildman–Crippen MR) is 108 cm³/mol. The Bertz CT molecular complexity index is 972. The van der Waals surface area contributed by atoms with E-state index in [2.05, 4.69) is 15.6 Å². The summed E-state index contributed by atoms with van der Waals surface area (Å²) in [5.74, 6) is -1.05. The minimum Gasteiger partial charge on any atom is -0.462 e. The quantitative estimate of drug-likeness (QED) is 0.586. The van der Waals surface area contributed by atoms with Gasteiger partial charge in [-0.3, -0.25) is 4.79 Å². The van der Waals surface area contributed by atoms with Gasteiger partial charge in [-0.25, -0.2) is 14.2 Å². The number of aromatic nitrogens is 1. The fourth-order valence-corrected chi connectivity index (χ4v) is 2.54. The third kappa shape index (κ3) is 5.62. The van der Waals surface area contributed by atoms with Gasteiger partial charge < -0.3 is 15.4 Å². The van der Waals surface area contributed by atoms with Gasteiger partial charge in [-0.05, 0) is 61.0 Å². The first-order chi connectivity index (χ1) is 14.0. The van der Waals surface area contributed by atoms with Crippen molar-refractivity contribution in [2.75, 3.05) is 17.2 Å². The summed E-state index contributed by atoms with van der Waals surface area (Å²) in [4.78, 5) is 28.1. The van der Waals surface area contributed by atoms with Crippen molar-refractivity contribution >= 4 is 23.3 Å². The molecule has 0 bridgehead atoms. The molecule has 0 saturated carbocycles. The summed E-state index contributed by atoms with van der Waals surface area (Å²) < 4.78 is 17.8. The van der Waals surface area contributed by atoms with Crippen molar-refractivity contribution in [1.29, 1.82) is 0 Å². The minimum atomic E-state index is -0.407. The number of pyridine rings is 1. The van der Waals surface area contributed by atoms with Crippen LogP contribution >= 0.6 is 0 Å². The van der Waals surface area contributed by atoms with Crippen LogP contribution in [0.3, 0.4) is 0 Å². The Morgan fingerprint density at radius 2 is 1.66 bits per heavy atom. The average molecular weight is 393 g/mol. The highest BCUT2D eigenvalue weighted by Crippen LogP contribution is 2.14. The first-order valence-electron chi connectivity index (χ1n) is 9.08. The Hall–Kier alpha value is -3.74. The fraction of sp³-hybridized carbons (Fsp3) is 0.136. The van der Waals surface area contributed by atoms with Gasteiger partial charge in [0, 0.05) is 12.2 Å². The molecule has 0 saturated heterocycles. The number of esters is 1. The number of carbonyl (C=O) groups is 2. The Morgan fingerprint density at radius 1 is 0.966 bits per heavy atom. The molecule has 0 spiro atoms. The van der Waals surface area contributed by atoms with Gasteiger partial charge in [-0.15, -0.1) is 0 Å². The van der Waals surface area contributed by atoms with Crippen molar-refractivity contribution in [1.82, 2.24) is 4.98 Å². The lowest BCUT2D eigenvalue weighted by Gasteiger charge is -2.08. The molecule has 1 heterocycles. The summed E-state index contributed by atoms with van der Waals surface area (Å²) in [6.45, 7) is 2.56. The van der Waals surface area contributed by atoms with Crippen molar-refractivity contribution in [3.8, 4) is 0 Å². The minimum absolute atomic E-state index is 0.256. The maximum atomic E-state index is 12.9. The average Bonchev–Trinajstić information content (AvgIpc) is 2.74. The third-order valence-corrected chi connectivity index (χ3v) is 4.06. The summed E-state index contributed by atoms with van der Waals surface area (Å²) >= 11 is 0. The summed E-state index contributed by atoms with van der Waals surface area (Å²) in [5, 5.41) is 5.89. The Balaban J connectivity index is 1.55. The smallest absolute Gasteiger partial charge is 0.338 e. The van der Waals surface area contributed by atoms with Gasteiger partial charge in [0.1, 0.15) is 11.5 Å². The van der Waals surface area contributed by atoms with E-state index in [-0.39, 0.29) is 17.4 Å². The van der Waals surface area contributed by atoms with E-state index in [1.807, 2.05) is 0 Å². The second-order valence-corrected chi connectivity index (χ2v) is 6.16. The van der Waals surface area contributed by atoms with Gasteiger partial charge >= 0.3 is 5.97 Å². The molecule has 0 unspecified atom stereocenters. The van der Waals surface area contributed by atoms with Crippen LogP contribution in [0.5, 0.6) is 0 Å². The van der Waals surface area contributed by atoms with E-state index in [0.29, 0.717) is 24.4 Å². The summed E-state index contributed by atoms with van der Waals surface area (Å²) in [6.07, 6.45) is 1.56. The second kappa shape index (κ2) is 9.45. The molecule has 1 amide bonds. The van der Waals surface area contributed by atoms with E-state index < -0.39 is 5.97 Å². The molecule has 7 heteroatoms. The van der Waals surface area contributed by atoms with Crippen molar-refractivity contribution in [3.63, 3.8) is 0 Å². The number of carbonyl (C=O) groups excluding carboxylic acids is 2. The third-order valence-electron chi connectivity index (χ3n) is 4.06. The summed E-state index contributed by atoms with van der Waals surface area (Å²) in [5.41, 5.74) is 2.89. The molecule has 148 valence electrons. The van der Waals surface area contributed by atoms with E-state index in [1.54, 1.807) is 61.7 Å². The predicted octanol–water partition coefficient (Wildman–Crippen LogP) is 4.26. The first-order valence-corrected chi connectivity index (χ1v) is 9.08. The Morgan fingerprint density at radius 3 is 2.28 bits per heavy atom. The molecule has 0 atom stereocenters. The lowest BCUT2D eigenvalue weighted by atomic mass is 10.2. The molecule has 6 nitrogen and oxygen atoms in total. The van der Waals surface area contributed by atoms with Crippen molar-refractivity contribution in [2.24, 2.45) is 0 Å². The highest BCUT2D eigenvalue weighted by molar-refractivity contribution is 6.03. The maximum Gasteiger partial charge on any atom is 0.338 e. The standard InChI is InChI=1S/C22H20FN3O3/c1-2-29-22(28)16-5-9-18(10-6-16)26-21(27)20-12-11-19(14-25-20)24-13-15-3-7-17(23)8-4-15/h3-12,14,24H,2,13H2,1H3,(H,26,27). The van der Waals surface area contributed by atoms with Gasteiger partial charge in [0.25, 0.3) is 5.91 Å². The van der Waals surface area contributed by atoms with Crippen molar-refractivity contribution < 1.29 is 18.7 Å². The number of ether oxygens (including phenoxy) is 1. The van der Waals surface area contributed by atoms with Gasteiger partial charge in [0.05, 0.1) is 24.1 Å². The monoisotopic (exact) mass is 393 g/mol. The van der Waals surface area contributed by atoms with Crippen LogP contribution in [0.1, 0.15) is 33.3 Å². The van der Waals surface area contributed by atoms with Crippen molar-refractivity contribution in [2.45, 2.75) is 13.5 Å².